The molecule has 0 saturated carbocycles. The third-order valence-corrected chi connectivity index (χ3v) is 4.44. The number of rotatable bonds is 2. The van der Waals surface area contributed by atoms with Gasteiger partial charge in [0, 0.05) is 15.7 Å². The van der Waals surface area contributed by atoms with Crippen LogP contribution in [0.25, 0.3) is 0 Å². The van der Waals surface area contributed by atoms with E-state index < -0.39 is 0 Å². The van der Waals surface area contributed by atoms with Gasteiger partial charge < -0.3 is 4.98 Å². The highest BCUT2D eigenvalue weighted by atomic mass is 79.9. The maximum atomic E-state index is 12.4. The maximum Gasteiger partial charge on any atom is 0.209 e. The molecule has 4 heteroatoms. The zero-order chi connectivity index (χ0) is 13.4. The summed E-state index contributed by atoms with van der Waals surface area (Å²) in [6.07, 6.45) is 0. The van der Waals surface area contributed by atoms with Crippen LogP contribution in [-0.4, -0.2) is 10.8 Å². The first-order valence-electron chi connectivity index (χ1n) is 5.57. The van der Waals surface area contributed by atoms with E-state index in [0.29, 0.717) is 16.3 Å². The molecule has 18 heavy (non-hydrogen) atoms. The molecule has 0 bridgehead atoms. The van der Waals surface area contributed by atoms with E-state index in [0.717, 1.165) is 21.3 Å². The molecule has 94 valence electrons. The fourth-order valence-corrected chi connectivity index (χ4v) is 2.35. The van der Waals surface area contributed by atoms with Gasteiger partial charge >= 0.3 is 0 Å². The molecule has 1 aromatic heterocycles. The summed E-state index contributed by atoms with van der Waals surface area (Å²) in [4.78, 5) is 15.5. The maximum absolute atomic E-state index is 12.4. The second-order valence-corrected chi connectivity index (χ2v) is 5.59. The molecule has 0 saturated heterocycles. The lowest BCUT2D eigenvalue weighted by Gasteiger charge is -2.03. The van der Waals surface area contributed by atoms with E-state index >= 15 is 0 Å². The lowest BCUT2D eigenvalue weighted by Crippen LogP contribution is -2.03. The Morgan fingerprint density at radius 3 is 2.39 bits per heavy atom. The van der Waals surface area contributed by atoms with Crippen LogP contribution < -0.4 is 0 Å². The largest absolute Gasteiger partial charge is 0.356 e. The summed E-state index contributed by atoms with van der Waals surface area (Å²) in [5.41, 5.74) is 4.44. The molecule has 1 aromatic carbocycles. The first-order chi connectivity index (χ1) is 8.41. The minimum Gasteiger partial charge on any atom is -0.356 e. The molecule has 2 aromatic rings. The van der Waals surface area contributed by atoms with Crippen LogP contribution in [0.3, 0.4) is 0 Å². The van der Waals surface area contributed by atoms with Crippen molar-refractivity contribution in [1.29, 1.82) is 0 Å². The van der Waals surface area contributed by atoms with Gasteiger partial charge in [0.2, 0.25) is 5.78 Å². The molecule has 0 unspecified atom stereocenters. The van der Waals surface area contributed by atoms with E-state index in [2.05, 4.69) is 20.9 Å². The van der Waals surface area contributed by atoms with Crippen LogP contribution in [-0.2, 0) is 0 Å². The van der Waals surface area contributed by atoms with Crippen molar-refractivity contribution >= 4 is 33.3 Å². The molecule has 1 N–H and O–H groups in total. The lowest BCUT2D eigenvalue weighted by atomic mass is 10.0. The van der Waals surface area contributed by atoms with E-state index in [4.69, 9.17) is 11.6 Å². The van der Waals surface area contributed by atoms with E-state index in [1.54, 1.807) is 18.2 Å². The van der Waals surface area contributed by atoms with E-state index in [1.165, 1.54) is 0 Å². The van der Waals surface area contributed by atoms with Gasteiger partial charge in [-0.05, 0) is 66.0 Å². The Hall–Kier alpha value is -1.06. The summed E-state index contributed by atoms with van der Waals surface area (Å²) in [7, 11) is 0. The van der Waals surface area contributed by atoms with Gasteiger partial charge in [-0.15, -0.1) is 0 Å². The number of nitrogens with one attached hydrogen (secondary N) is 1. The summed E-state index contributed by atoms with van der Waals surface area (Å²) in [6.45, 7) is 5.93. The van der Waals surface area contributed by atoms with Crippen molar-refractivity contribution in [2.75, 3.05) is 0 Å². The summed E-state index contributed by atoms with van der Waals surface area (Å²) in [6, 6.07) is 5.20. The van der Waals surface area contributed by atoms with Crippen molar-refractivity contribution in [3.05, 3.63) is 55.8 Å². The summed E-state index contributed by atoms with van der Waals surface area (Å²) < 4.78 is 0.729. The monoisotopic (exact) mass is 325 g/mol. The molecule has 0 atom stereocenters. The van der Waals surface area contributed by atoms with Crippen LogP contribution in [0.15, 0.2) is 22.7 Å². The third-order valence-electron chi connectivity index (χ3n) is 3.22. The average Bonchev–Trinajstić information content (AvgIpc) is 2.60. The molecule has 0 amide bonds. The number of benzene rings is 1. The fraction of sp³-hybridized carbons (Fsp3) is 0.214. The van der Waals surface area contributed by atoms with Gasteiger partial charge in [0.1, 0.15) is 0 Å². The first-order valence-corrected chi connectivity index (χ1v) is 6.74. The number of ketones is 1. The highest BCUT2D eigenvalue weighted by Crippen LogP contribution is 2.26. The summed E-state index contributed by atoms with van der Waals surface area (Å²) >= 11 is 9.26. The van der Waals surface area contributed by atoms with Crippen molar-refractivity contribution in [2.45, 2.75) is 20.8 Å². The van der Waals surface area contributed by atoms with E-state index in [9.17, 15) is 4.79 Å². The minimum absolute atomic E-state index is 0.0129. The predicted octanol–water partition coefficient (Wildman–Crippen LogP) is 4.59. The zero-order valence-corrected chi connectivity index (χ0v) is 12.7. The number of carbonyl (C=O) groups is 1. The molecule has 2 nitrogen and oxygen atoms in total. The van der Waals surface area contributed by atoms with Crippen molar-refractivity contribution in [2.24, 2.45) is 0 Å². The van der Waals surface area contributed by atoms with Gasteiger partial charge in [0.25, 0.3) is 0 Å². The van der Waals surface area contributed by atoms with Crippen LogP contribution in [0.4, 0.5) is 0 Å². The van der Waals surface area contributed by atoms with Crippen molar-refractivity contribution in [3.63, 3.8) is 0 Å². The quantitative estimate of drug-likeness (QED) is 0.805. The van der Waals surface area contributed by atoms with Gasteiger partial charge in [-0.1, -0.05) is 11.6 Å². The SMILES string of the molecule is Cc1[nH]c(C(=O)c2ccc(Cl)c(Br)c2)c(C)c1C. The molecule has 1 heterocycles. The number of aromatic amines is 1. The molecular weight excluding hydrogens is 314 g/mol. The van der Waals surface area contributed by atoms with Gasteiger partial charge in [-0.25, -0.2) is 0 Å². The number of carbonyl (C=O) groups excluding carboxylic acids is 1. The Kier molecular flexibility index (Phi) is 3.64. The Bertz CT molecular complexity index is 631. The fourth-order valence-electron chi connectivity index (χ4n) is 1.85. The number of aromatic nitrogens is 1. The van der Waals surface area contributed by atoms with Crippen LogP contribution in [0, 0.1) is 20.8 Å². The molecule has 0 aliphatic heterocycles. The predicted molar refractivity (Wildman–Crippen MR) is 77.6 cm³/mol. The van der Waals surface area contributed by atoms with Gasteiger partial charge in [0.05, 0.1) is 10.7 Å². The number of halogens is 2. The number of aryl methyl sites for hydroxylation is 1. The third kappa shape index (κ3) is 2.25. The second-order valence-electron chi connectivity index (χ2n) is 4.33. The van der Waals surface area contributed by atoms with Crippen molar-refractivity contribution in [3.8, 4) is 0 Å². The molecule has 0 spiro atoms. The smallest absolute Gasteiger partial charge is 0.209 e. The van der Waals surface area contributed by atoms with Gasteiger partial charge in [-0.3, -0.25) is 4.79 Å². The van der Waals surface area contributed by atoms with Crippen LogP contribution in [0.1, 0.15) is 32.9 Å². The highest BCUT2D eigenvalue weighted by Gasteiger charge is 2.17. The van der Waals surface area contributed by atoms with Gasteiger partial charge in [-0.2, -0.15) is 0 Å². The lowest BCUT2D eigenvalue weighted by molar-refractivity contribution is 0.103. The molecule has 0 aliphatic carbocycles. The zero-order valence-electron chi connectivity index (χ0n) is 10.4. The molecule has 0 aliphatic rings. The Morgan fingerprint density at radius 2 is 1.89 bits per heavy atom. The first kappa shape index (κ1) is 13.4. The molecule has 0 fully saturated rings. The Labute approximate surface area is 119 Å². The molecule has 0 radical (unpaired) electrons. The number of H-pyrrole nitrogens is 1. The van der Waals surface area contributed by atoms with Crippen molar-refractivity contribution in [1.82, 2.24) is 4.98 Å². The summed E-state index contributed by atoms with van der Waals surface area (Å²) in [5, 5.41) is 0.599. The highest BCUT2D eigenvalue weighted by molar-refractivity contribution is 9.10. The number of hydrogen-bond donors (Lipinski definition) is 1. The van der Waals surface area contributed by atoms with Crippen molar-refractivity contribution < 1.29 is 4.79 Å². The number of hydrogen-bond acceptors (Lipinski definition) is 1. The Morgan fingerprint density at radius 1 is 1.22 bits per heavy atom. The van der Waals surface area contributed by atoms with Crippen LogP contribution in [0.5, 0.6) is 0 Å². The molecule has 2 rings (SSSR count). The normalized spacial score (nSPS) is 10.7. The van der Waals surface area contributed by atoms with E-state index in [-0.39, 0.29) is 5.78 Å². The standard InChI is InChI=1S/C14H13BrClNO/c1-7-8(2)13(17-9(7)3)14(18)10-4-5-12(16)11(15)6-10/h4-6,17H,1-3H3. The Balaban J connectivity index is 2.48. The average molecular weight is 327 g/mol. The van der Waals surface area contributed by atoms with Gasteiger partial charge in [0.15, 0.2) is 0 Å². The second kappa shape index (κ2) is 4.90. The van der Waals surface area contributed by atoms with Crippen LogP contribution >= 0.6 is 27.5 Å². The van der Waals surface area contributed by atoms with E-state index in [1.807, 2.05) is 20.8 Å². The molecular formula is C14H13BrClNO. The topological polar surface area (TPSA) is 32.9 Å². The summed E-state index contributed by atoms with van der Waals surface area (Å²) in [5.74, 6) is -0.0129. The van der Waals surface area contributed by atoms with Crippen LogP contribution in [0.2, 0.25) is 5.02 Å². The minimum atomic E-state index is -0.0129.